The lowest BCUT2D eigenvalue weighted by atomic mass is 10.1. The summed E-state index contributed by atoms with van der Waals surface area (Å²) in [5, 5.41) is 2.69. The number of nitrogens with zero attached hydrogens (tertiary/aromatic N) is 4. The maximum absolute atomic E-state index is 13.2. The predicted octanol–water partition coefficient (Wildman–Crippen LogP) is 3.11. The molecule has 0 saturated carbocycles. The molecule has 2 saturated heterocycles. The summed E-state index contributed by atoms with van der Waals surface area (Å²) in [5.41, 5.74) is 1.59. The van der Waals surface area contributed by atoms with Crippen LogP contribution in [0.2, 0.25) is 0 Å². The Morgan fingerprint density at radius 3 is 2.34 bits per heavy atom. The van der Waals surface area contributed by atoms with Crippen molar-refractivity contribution in [2.45, 2.75) is 56.9 Å². The molecule has 7 nitrogen and oxygen atoms in total. The van der Waals surface area contributed by atoms with Crippen molar-refractivity contribution >= 4 is 27.3 Å². The molecule has 1 amide bonds. The van der Waals surface area contributed by atoms with Gasteiger partial charge in [0.1, 0.15) is 16.4 Å². The molecule has 0 bridgehead atoms. The van der Waals surface area contributed by atoms with Gasteiger partial charge in [-0.3, -0.25) is 4.79 Å². The number of hydrogen-bond donors (Lipinski definition) is 0. The first-order chi connectivity index (χ1) is 13.9. The number of aryl methyl sites for hydroxylation is 1. The molecule has 2 fully saturated rings. The van der Waals surface area contributed by atoms with Crippen LogP contribution in [0.3, 0.4) is 0 Å². The average Bonchev–Trinajstić information content (AvgIpc) is 3.36. The molecular weight excluding hydrogens is 408 g/mol. The molecule has 0 aliphatic carbocycles. The highest BCUT2D eigenvalue weighted by atomic mass is 32.2. The highest BCUT2D eigenvalue weighted by Gasteiger charge is 2.29. The molecule has 158 valence electrons. The minimum atomic E-state index is -3.56. The topological polar surface area (TPSA) is 75.5 Å². The van der Waals surface area contributed by atoms with Gasteiger partial charge in [0, 0.05) is 43.4 Å². The van der Waals surface area contributed by atoms with Gasteiger partial charge in [-0.2, -0.15) is 4.31 Å². The van der Waals surface area contributed by atoms with Crippen LogP contribution in [0.25, 0.3) is 10.7 Å². The minimum Gasteiger partial charge on any atom is -0.341 e. The monoisotopic (exact) mass is 436 g/mol. The molecular formula is C20H28N4O3S2. The number of likely N-dealkylation sites (tertiary alicyclic amines) is 1. The average molecular weight is 437 g/mol. The Morgan fingerprint density at radius 2 is 1.72 bits per heavy atom. The lowest BCUT2D eigenvalue weighted by molar-refractivity contribution is -0.132. The number of thiazole rings is 1. The SMILES string of the molecule is Cc1csc(-c2cc(S(=O)(=O)N3CCCCC3)cn2CC(=O)N2CCCCC2)n1. The summed E-state index contributed by atoms with van der Waals surface area (Å²) in [6.07, 6.45) is 7.71. The number of amides is 1. The van der Waals surface area contributed by atoms with Gasteiger partial charge in [-0.25, -0.2) is 13.4 Å². The maximum atomic E-state index is 13.2. The number of hydrogen-bond acceptors (Lipinski definition) is 5. The van der Waals surface area contributed by atoms with E-state index in [1.54, 1.807) is 21.1 Å². The zero-order valence-corrected chi connectivity index (χ0v) is 18.5. The Morgan fingerprint density at radius 1 is 1.07 bits per heavy atom. The van der Waals surface area contributed by atoms with Crippen LogP contribution in [0.4, 0.5) is 0 Å². The third kappa shape index (κ3) is 4.41. The molecule has 0 aromatic carbocycles. The van der Waals surface area contributed by atoms with Crippen LogP contribution in [-0.4, -0.2) is 59.3 Å². The second kappa shape index (κ2) is 8.57. The van der Waals surface area contributed by atoms with Crippen LogP contribution < -0.4 is 0 Å². The Kier molecular flexibility index (Phi) is 6.08. The van der Waals surface area contributed by atoms with Crippen molar-refractivity contribution in [2.75, 3.05) is 26.2 Å². The fraction of sp³-hybridized carbons (Fsp3) is 0.600. The van der Waals surface area contributed by atoms with E-state index >= 15 is 0 Å². The number of carbonyl (C=O) groups excluding carboxylic acids is 1. The van der Waals surface area contributed by atoms with Crippen LogP contribution in [0, 0.1) is 6.92 Å². The van der Waals surface area contributed by atoms with Crippen molar-refractivity contribution in [2.24, 2.45) is 0 Å². The first kappa shape index (κ1) is 20.6. The van der Waals surface area contributed by atoms with E-state index in [1.807, 2.05) is 17.2 Å². The van der Waals surface area contributed by atoms with Gasteiger partial charge >= 0.3 is 0 Å². The quantitative estimate of drug-likeness (QED) is 0.722. The zero-order chi connectivity index (χ0) is 20.4. The van der Waals surface area contributed by atoms with Gasteiger partial charge in [0.15, 0.2) is 0 Å². The van der Waals surface area contributed by atoms with E-state index in [0.29, 0.717) is 18.8 Å². The molecule has 0 radical (unpaired) electrons. The number of sulfonamides is 1. The fourth-order valence-electron chi connectivity index (χ4n) is 4.05. The van der Waals surface area contributed by atoms with E-state index in [0.717, 1.165) is 62.3 Å². The lowest BCUT2D eigenvalue weighted by Gasteiger charge is -2.27. The first-order valence-corrected chi connectivity index (χ1v) is 12.7. The van der Waals surface area contributed by atoms with Crippen molar-refractivity contribution < 1.29 is 13.2 Å². The molecule has 0 unspecified atom stereocenters. The Bertz CT molecular complexity index is 968. The summed E-state index contributed by atoms with van der Waals surface area (Å²) in [4.78, 5) is 19.5. The summed E-state index contributed by atoms with van der Waals surface area (Å²) in [6.45, 7) is 4.74. The van der Waals surface area contributed by atoms with Gasteiger partial charge in [0.25, 0.3) is 0 Å². The highest BCUT2D eigenvalue weighted by molar-refractivity contribution is 7.89. The smallest absolute Gasteiger partial charge is 0.244 e. The Labute approximate surface area is 176 Å². The molecule has 2 aromatic rings. The lowest BCUT2D eigenvalue weighted by Crippen LogP contribution is -2.37. The maximum Gasteiger partial charge on any atom is 0.244 e. The molecule has 2 aromatic heterocycles. The third-order valence-electron chi connectivity index (χ3n) is 5.68. The molecule has 0 spiro atoms. The van der Waals surface area contributed by atoms with E-state index in [9.17, 15) is 13.2 Å². The number of carbonyl (C=O) groups is 1. The summed E-state index contributed by atoms with van der Waals surface area (Å²) in [7, 11) is -3.56. The van der Waals surface area contributed by atoms with Crippen molar-refractivity contribution in [3.63, 3.8) is 0 Å². The molecule has 0 atom stereocenters. The normalized spacial score (nSPS) is 18.9. The molecule has 2 aliphatic heterocycles. The fourth-order valence-corrected chi connectivity index (χ4v) is 6.44. The summed E-state index contributed by atoms with van der Waals surface area (Å²) < 4.78 is 29.7. The van der Waals surface area contributed by atoms with Crippen molar-refractivity contribution in [3.8, 4) is 10.7 Å². The van der Waals surface area contributed by atoms with Gasteiger partial charge in [-0.05, 0) is 45.1 Å². The van der Waals surface area contributed by atoms with E-state index in [2.05, 4.69) is 4.98 Å². The molecule has 9 heteroatoms. The second-order valence-electron chi connectivity index (χ2n) is 7.89. The number of rotatable bonds is 5. The van der Waals surface area contributed by atoms with Crippen LogP contribution in [0.5, 0.6) is 0 Å². The first-order valence-electron chi connectivity index (χ1n) is 10.4. The number of piperidine rings is 2. The minimum absolute atomic E-state index is 0.0387. The summed E-state index contributed by atoms with van der Waals surface area (Å²) >= 11 is 1.47. The van der Waals surface area contributed by atoms with Crippen molar-refractivity contribution in [3.05, 3.63) is 23.3 Å². The van der Waals surface area contributed by atoms with E-state index < -0.39 is 10.0 Å². The molecule has 29 heavy (non-hydrogen) atoms. The highest BCUT2D eigenvalue weighted by Crippen LogP contribution is 2.30. The van der Waals surface area contributed by atoms with Gasteiger partial charge in [0.2, 0.25) is 15.9 Å². The summed E-state index contributed by atoms with van der Waals surface area (Å²) in [5.74, 6) is 0.0387. The Balaban J connectivity index is 1.66. The van der Waals surface area contributed by atoms with Gasteiger partial charge in [-0.1, -0.05) is 6.42 Å². The standard InChI is InChI=1S/C20H28N4O3S2/c1-16-15-28-20(21-16)18-12-17(29(26,27)24-10-6-3-7-11-24)13-23(18)14-19(25)22-8-4-2-5-9-22/h12-13,15H,2-11,14H2,1H3. The summed E-state index contributed by atoms with van der Waals surface area (Å²) in [6, 6.07) is 1.69. The van der Waals surface area contributed by atoms with Gasteiger partial charge in [-0.15, -0.1) is 11.3 Å². The zero-order valence-electron chi connectivity index (χ0n) is 16.8. The van der Waals surface area contributed by atoms with Gasteiger partial charge in [0.05, 0.1) is 5.69 Å². The predicted molar refractivity (Wildman–Crippen MR) is 113 cm³/mol. The molecule has 0 N–H and O–H groups in total. The Hall–Kier alpha value is -1.71. The van der Waals surface area contributed by atoms with Crippen LogP contribution in [0.1, 0.15) is 44.2 Å². The van der Waals surface area contributed by atoms with Crippen LogP contribution >= 0.6 is 11.3 Å². The largest absolute Gasteiger partial charge is 0.341 e. The van der Waals surface area contributed by atoms with E-state index in [4.69, 9.17) is 0 Å². The number of aromatic nitrogens is 2. The molecule has 4 heterocycles. The van der Waals surface area contributed by atoms with Crippen molar-refractivity contribution in [1.29, 1.82) is 0 Å². The molecule has 2 aliphatic rings. The molecule has 4 rings (SSSR count). The third-order valence-corrected chi connectivity index (χ3v) is 8.52. The van der Waals surface area contributed by atoms with E-state index in [-0.39, 0.29) is 17.3 Å². The second-order valence-corrected chi connectivity index (χ2v) is 10.7. The van der Waals surface area contributed by atoms with Crippen LogP contribution in [-0.2, 0) is 21.4 Å². The van der Waals surface area contributed by atoms with Crippen LogP contribution in [0.15, 0.2) is 22.5 Å². The van der Waals surface area contributed by atoms with Crippen molar-refractivity contribution in [1.82, 2.24) is 18.8 Å². The van der Waals surface area contributed by atoms with E-state index in [1.165, 1.54) is 11.3 Å². The van der Waals surface area contributed by atoms with Gasteiger partial charge < -0.3 is 9.47 Å².